The van der Waals surface area contributed by atoms with Crippen LogP contribution < -0.4 is 0 Å². The Morgan fingerprint density at radius 3 is 2.50 bits per heavy atom. The number of rotatable bonds is 2. The second-order valence-corrected chi connectivity index (χ2v) is 4.28. The fourth-order valence-corrected chi connectivity index (χ4v) is 2.15. The minimum Gasteiger partial charge on any atom is -0.388 e. The molecule has 5 atom stereocenters. The van der Waals surface area contributed by atoms with Crippen LogP contribution >= 0.6 is 11.8 Å². The molecule has 1 heterocycles. The number of aliphatic hydroxyl groups excluding tert-OH is 3. The highest BCUT2D eigenvalue weighted by Gasteiger charge is 2.41. The van der Waals surface area contributed by atoms with E-state index in [1.165, 1.54) is 11.8 Å². The van der Waals surface area contributed by atoms with Crippen LogP contribution in [-0.4, -0.2) is 50.9 Å². The van der Waals surface area contributed by atoms with Crippen molar-refractivity contribution in [2.45, 2.75) is 36.8 Å². The molecule has 1 aliphatic heterocycles. The summed E-state index contributed by atoms with van der Waals surface area (Å²) in [5, 5.41) is 28.3. The van der Waals surface area contributed by atoms with Gasteiger partial charge in [-0.05, 0) is 6.92 Å². The lowest BCUT2D eigenvalue weighted by Crippen LogP contribution is -2.55. The standard InChI is InChI=1S/C9H14O4S/c1-3-4-14-9-8(12)7(11)6(10)5(2)13-9/h1,5-12H,4H2,2H3/t5-,6-,7+,8+,9-/m0/s1. The zero-order chi connectivity index (χ0) is 10.7. The minimum atomic E-state index is -1.17. The molecule has 1 fully saturated rings. The highest BCUT2D eigenvalue weighted by molar-refractivity contribution is 8.00. The monoisotopic (exact) mass is 218 g/mol. The van der Waals surface area contributed by atoms with Gasteiger partial charge in [-0.25, -0.2) is 0 Å². The van der Waals surface area contributed by atoms with Crippen LogP contribution in [0.1, 0.15) is 6.92 Å². The Morgan fingerprint density at radius 1 is 1.29 bits per heavy atom. The molecule has 1 rings (SSSR count). The number of terminal acetylenes is 1. The maximum Gasteiger partial charge on any atom is 0.133 e. The van der Waals surface area contributed by atoms with Crippen molar-refractivity contribution in [3.63, 3.8) is 0 Å². The SMILES string of the molecule is C#CCS[C@@H]1O[C@@H](C)[C@H](O)[C@@H](O)[C@H]1O. The predicted octanol–water partition coefficient (Wildman–Crippen LogP) is -0.820. The molecule has 0 aromatic carbocycles. The van der Waals surface area contributed by atoms with Crippen molar-refractivity contribution in [1.82, 2.24) is 0 Å². The van der Waals surface area contributed by atoms with Gasteiger partial charge >= 0.3 is 0 Å². The van der Waals surface area contributed by atoms with Gasteiger partial charge < -0.3 is 20.1 Å². The van der Waals surface area contributed by atoms with E-state index >= 15 is 0 Å². The van der Waals surface area contributed by atoms with Gasteiger partial charge in [-0.15, -0.1) is 18.2 Å². The molecule has 0 aromatic rings. The Hall–Kier alpha value is -0.250. The lowest BCUT2D eigenvalue weighted by Gasteiger charge is -2.38. The Morgan fingerprint density at radius 2 is 1.93 bits per heavy atom. The van der Waals surface area contributed by atoms with Crippen LogP contribution in [0.3, 0.4) is 0 Å². The molecule has 14 heavy (non-hydrogen) atoms. The molecule has 1 aliphatic rings. The van der Waals surface area contributed by atoms with Crippen molar-refractivity contribution >= 4 is 11.8 Å². The molecular weight excluding hydrogens is 204 g/mol. The van der Waals surface area contributed by atoms with Gasteiger partial charge in [0.05, 0.1) is 11.9 Å². The third kappa shape index (κ3) is 2.41. The molecule has 0 bridgehead atoms. The summed E-state index contributed by atoms with van der Waals surface area (Å²) in [5.41, 5.74) is -0.570. The van der Waals surface area contributed by atoms with Gasteiger partial charge in [0, 0.05) is 0 Å². The maximum absolute atomic E-state index is 9.53. The summed E-state index contributed by atoms with van der Waals surface area (Å²) in [6.45, 7) is 1.64. The molecule has 3 N–H and O–H groups in total. The minimum absolute atomic E-state index is 0.400. The van der Waals surface area contributed by atoms with Crippen LogP contribution in [0, 0.1) is 12.3 Å². The molecule has 0 aromatic heterocycles. The molecule has 80 valence electrons. The first-order valence-corrected chi connectivity index (χ1v) is 5.37. The van der Waals surface area contributed by atoms with E-state index in [-0.39, 0.29) is 0 Å². The van der Waals surface area contributed by atoms with Gasteiger partial charge in [0.2, 0.25) is 0 Å². The number of aliphatic hydroxyl groups is 3. The lowest BCUT2D eigenvalue weighted by molar-refractivity contribution is -0.192. The van der Waals surface area contributed by atoms with Crippen molar-refractivity contribution in [3.8, 4) is 12.3 Å². The first-order valence-electron chi connectivity index (χ1n) is 4.32. The number of ether oxygens (including phenoxy) is 1. The average Bonchev–Trinajstić information content (AvgIpc) is 2.18. The van der Waals surface area contributed by atoms with Crippen molar-refractivity contribution in [3.05, 3.63) is 0 Å². The van der Waals surface area contributed by atoms with E-state index < -0.39 is 29.9 Å². The van der Waals surface area contributed by atoms with Crippen LogP contribution in [0.4, 0.5) is 0 Å². The number of hydrogen-bond acceptors (Lipinski definition) is 5. The van der Waals surface area contributed by atoms with Crippen molar-refractivity contribution in [2.24, 2.45) is 0 Å². The van der Waals surface area contributed by atoms with Crippen LogP contribution in [-0.2, 0) is 4.74 Å². The van der Waals surface area contributed by atoms with Crippen molar-refractivity contribution in [2.75, 3.05) is 5.75 Å². The lowest BCUT2D eigenvalue weighted by atomic mass is 10.0. The summed E-state index contributed by atoms with van der Waals surface area (Å²) in [5.74, 6) is 2.80. The summed E-state index contributed by atoms with van der Waals surface area (Å²) < 4.78 is 5.29. The van der Waals surface area contributed by atoms with Crippen molar-refractivity contribution < 1.29 is 20.1 Å². The van der Waals surface area contributed by atoms with Crippen LogP contribution in [0.25, 0.3) is 0 Å². The van der Waals surface area contributed by atoms with E-state index in [1.807, 2.05) is 0 Å². The fraction of sp³-hybridized carbons (Fsp3) is 0.778. The molecule has 0 saturated carbocycles. The van der Waals surface area contributed by atoms with Crippen LogP contribution in [0.2, 0.25) is 0 Å². The van der Waals surface area contributed by atoms with Crippen molar-refractivity contribution in [1.29, 1.82) is 0 Å². The molecule has 5 heteroatoms. The summed E-state index contributed by atoms with van der Waals surface area (Å²) in [7, 11) is 0. The Balaban J connectivity index is 2.57. The first kappa shape index (κ1) is 11.8. The van der Waals surface area contributed by atoms with E-state index in [0.29, 0.717) is 5.75 Å². The van der Waals surface area contributed by atoms with E-state index in [4.69, 9.17) is 11.2 Å². The van der Waals surface area contributed by atoms with Gasteiger partial charge in [0.25, 0.3) is 0 Å². The normalized spacial score (nSPS) is 43.2. The Bertz CT molecular complexity index is 227. The average molecular weight is 218 g/mol. The van der Waals surface area contributed by atoms with E-state index in [0.717, 1.165) is 0 Å². The Kier molecular flexibility index (Phi) is 4.23. The zero-order valence-electron chi connectivity index (χ0n) is 7.83. The molecular formula is C9H14O4S. The maximum atomic E-state index is 9.53. The van der Waals surface area contributed by atoms with E-state index in [1.54, 1.807) is 6.92 Å². The summed E-state index contributed by atoms with van der Waals surface area (Å²) in [6, 6.07) is 0. The van der Waals surface area contributed by atoms with Gasteiger partial charge in [0.15, 0.2) is 0 Å². The second kappa shape index (κ2) is 5.01. The summed E-state index contributed by atoms with van der Waals surface area (Å²) in [6.07, 6.45) is 1.25. The molecule has 0 spiro atoms. The van der Waals surface area contributed by atoms with E-state index in [2.05, 4.69) is 5.92 Å². The molecule has 1 saturated heterocycles. The third-order valence-corrected chi connectivity index (χ3v) is 3.19. The summed E-state index contributed by atoms with van der Waals surface area (Å²) in [4.78, 5) is 0. The third-order valence-electron chi connectivity index (χ3n) is 2.14. The second-order valence-electron chi connectivity index (χ2n) is 3.20. The van der Waals surface area contributed by atoms with Gasteiger partial charge in [0.1, 0.15) is 23.7 Å². The molecule has 0 radical (unpaired) electrons. The van der Waals surface area contributed by atoms with Gasteiger partial charge in [-0.2, -0.15) is 0 Å². The highest BCUT2D eigenvalue weighted by atomic mass is 32.2. The van der Waals surface area contributed by atoms with Gasteiger partial charge in [-0.1, -0.05) is 5.92 Å². The predicted molar refractivity (Wildman–Crippen MR) is 53.6 cm³/mol. The highest BCUT2D eigenvalue weighted by Crippen LogP contribution is 2.27. The quantitative estimate of drug-likeness (QED) is 0.528. The fourth-order valence-electron chi connectivity index (χ4n) is 1.28. The topological polar surface area (TPSA) is 69.9 Å². The molecule has 0 aliphatic carbocycles. The summed E-state index contributed by atoms with van der Waals surface area (Å²) >= 11 is 1.24. The first-order chi connectivity index (χ1) is 6.57. The van der Waals surface area contributed by atoms with Gasteiger partial charge in [-0.3, -0.25) is 0 Å². The number of thioether (sulfide) groups is 1. The molecule has 0 unspecified atom stereocenters. The smallest absolute Gasteiger partial charge is 0.133 e. The largest absolute Gasteiger partial charge is 0.388 e. The van der Waals surface area contributed by atoms with E-state index in [9.17, 15) is 15.3 Å². The molecule has 0 amide bonds. The number of hydrogen-bond donors (Lipinski definition) is 3. The Labute approximate surface area is 87.3 Å². The molecule has 4 nitrogen and oxygen atoms in total. The van der Waals surface area contributed by atoms with Crippen LogP contribution in [0.15, 0.2) is 0 Å². The zero-order valence-corrected chi connectivity index (χ0v) is 8.65. The van der Waals surface area contributed by atoms with Crippen LogP contribution in [0.5, 0.6) is 0 Å².